The van der Waals surface area contributed by atoms with E-state index < -0.39 is 0 Å². The van der Waals surface area contributed by atoms with Gasteiger partial charge in [0.25, 0.3) is 0 Å². The number of nitrogens with one attached hydrogen (secondary N) is 1. The molecule has 1 N–H and O–H groups in total. The highest BCUT2D eigenvalue weighted by atomic mass is 14.9. The first-order valence-corrected chi connectivity index (χ1v) is 6.71. The third-order valence-corrected chi connectivity index (χ3v) is 3.14. The molecule has 96 valence electrons. The van der Waals surface area contributed by atoms with Crippen LogP contribution >= 0.6 is 0 Å². The van der Waals surface area contributed by atoms with Gasteiger partial charge in [-0.2, -0.15) is 0 Å². The summed E-state index contributed by atoms with van der Waals surface area (Å²) in [6.45, 7) is 12.2. The first-order chi connectivity index (χ1) is 7.90. The molecule has 0 radical (unpaired) electrons. The van der Waals surface area contributed by atoms with Crippen LogP contribution in [0.4, 0.5) is 0 Å². The minimum Gasteiger partial charge on any atom is -0.312 e. The van der Waals surface area contributed by atoms with Crippen molar-refractivity contribution in [1.29, 1.82) is 0 Å². The molecular formula is C16H27N. The van der Waals surface area contributed by atoms with E-state index in [-0.39, 0.29) is 5.54 Å². The Morgan fingerprint density at radius 3 is 2.18 bits per heavy atom. The van der Waals surface area contributed by atoms with E-state index in [1.807, 2.05) is 0 Å². The van der Waals surface area contributed by atoms with Gasteiger partial charge in [0, 0.05) is 5.54 Å². The summed E-state index contributed by atoms with van der Waals surface area (Å²) in [6, 6.07) is 8.93. The molecule has 1 aromatic carbocycles. The van der Waals surface area contributed by atoms with E-state index in [0.717, 1.165) is 12.5 Å². The van der Waals surface area contributed by atoms with Crippen LogP contribution in [0.1, 0.15) is 45.2 Å². The zero-order valence-electron chi connectivity index (χ0n) is 12.0. The predicted molar refractivity (Wildman–Crippen MR) is 76.4 cm³/mol. The van der Waals surface area contributed by atoms with Gasteiger partial charge in [-0.25, -0.2) is 0 Å². The van der Waals surface area contributed by atoms with Crippen LogP contribution in [0.5, 0.6) is 0 Å². The first-order valence-electron chi connectivity index (χ1n) is 6.71. The minimum absolute atomic E-state index is 0.223. The maximum Gasteiger partial charge on any atom is 0.00966 e. The third-order valence-electron chi connectivity index (χ3n) is 3.14. The summed E-state index contributed by atoms with van der Waals surface area (Å²) in [5.74, 6) is 0.733. The molecule has 0 saturated carbocycles. The molecule has 0 amide bonds. The Morgan fingerprint density at radius 1 is 1.12 bits per heavy atom. The molecule has 1 rings (SSSR count). The molecule has 0 aromatic heterocycles. The molecule has 0 spiro atoms. The van der Waals surface area contributed by atoms with Gasteiger partial charge in [-0.15, -0.1) is 0 Å². The summed E-state index contributed by atoms with van der Waals surface area (Å²) in [5, 5.41) is 3.60. The molecule has 1 aromatic rings. The average Bonchev–Trinajstić information content (AvgIpc) is 2.25. The molecule has 17 heavy (non-hydrogen) atoms. The number of aryl methyl sites for hydroxylation is 1. The first kappa shape index (κ1) is 14.2. The van der Waals surface area contributed by atoms with Crippen LogP contribution in [-0.4, -0.2) is 12.1 Å². The molecule has 0 fully saturated rings. The van der Waals surface area contributed by atoms with Gasteiger partial charge >= 0.3 is 0 Å². The standard InChI is InChI=1S/C16H27N/c1-6-14(12-17-16(3,4)5)11-15-9-7-13(2)8-10-15/h7-10,14,17H,6,11-12H2,1-5H3. The highest BCUT2D eigenvalue weighted by Crippen LogP contribution is 2.13. The van der Waals surface area contributed by atoms with Crippen LogP contribution in [0.15, 0.2) is 24.3 Å². The molecule has 1 heteroatoms. The van der Waals surface area contributed by atoms with Crippen molar-refractivity contribution in [3.8, 4) is 0 Å². The summed E-state index contributed by atoms with van der Waals surface area (Å²) in [4.78, 5) is 0. The van der Waals surface area contributed by atoms with Crippen LogP contribution in [0, 0.1) is 12.8 Å². The van der Waals surface area contributed by atoms with Crippen molar-refractivity contribution in [3.05, 3.63) is 35.4 Å². The number of hydrogen-bond donors (Lipinski definition) is 1. The molecule has 0 saturated heterocycles. The Bertz CT molecular complexity index is 318. The second-order valence-corrected chi connectivity index (χ2v) is 6.09. The largest absolute Gasteiger partial charge is 0.312 e. The molecule has 1 nitrogen and oxygen atoms in total. The zero-order valence-corrected chi connectivity index (χ0v) is 12.0. The SMILES string of the molecule is CCC(CNC(C)(C)C)Cc1ccc(C)cc1. The van der Waals surface area contributed by atoms with Crippen molar-refractivity contribution in [2.75, 3.05) is 6.54 Å². The van der Waals surface area contributed by atoms with Gasteiger partial charge in [0.1, 0.15) is 0 Å². The zero-order chi connectivity index (χ0) is 12.9. The van der Waals surface area contributed by atoms with Crippen molar-refractivity contribution in [3.63, 3.8) is 0 Å². The summed E-state index contributed by atoms with van der Waals surface area (Å²) >= 11 is 0. The second kappa shape index (κ2) is 6.20. The van der Waals surface area contributed by atoms with Crippen molar-refractivity contribution < 1.29 is 0 Å². The second-order valence-electron chi connectivity index (χ2n) is 6.09. The Morgan fingerprint density at radius 2 is 1.71 bits per heavy atom. The van der Waals surface area contributed by atoms with Crippen molar-refractivity contribution >= 4 is 0 Å². The Kier molecular flexibility index (Phi) is 5.20. The van der Waals surface area contributed by atoms with Crippen molar-refractivity contribution in [1.82, 2.24) is 5.32 Å². The van der Waals surface area contributed by atoms with Gasteiger partial charge in [0.05, 0.1) is 0 Å². The van der Waals surface area contributed by atoms with E-state index in [2.05, 4.69) is 64.2 Å². The maximum absolute atomic E-state index is 3.60. The summed E-state index contributed by atoms with van der Waals surface area (Å²) < 4.78 is 0. The predicted octanol–water partition coefficient (Wildman–Crippen LogP) is 3.95. The van der Waals surface area contributed by atoms with Crippen LogP contribution < -0.4 is 5.32 Å². The fraction of sp³-hybridized carbons (Fsp3) is 0.625. The van der Waals surface area contributed by atoms with Gasteiger partial charge < -0.3 is 5.32 Å². The van der Waals surface area contributed by atoms with E-state index in [4.69, 9.17) is 0 Å². The summed E-state index contributed by atoms with van der Waals surface area (Å²) in [6.07, 6.45) is 2.41. The number of hydrogen-bond acceptors (Lipinski definition) is 1. The maximum atomic E-state index is 3.60. The van der Waals surface area contributed by atoms with E-state index >= 15 is 0 Å². The quantitative estimate of drug-likeness (QED) is 0.812. The van der Waals surface area contributed by atoms with Crippen LogP contribution in [-0.2, 0) is 6.42 Å². The van der Waals surface area contributed by atoms with E-state index in [0.29, 0.717) is 0 Å². The Balaban J connectivity index is 2.49. The van der Waals surface area contributed by atoms with Crippen LogP contribution in [0.2, 0.25) is 0 Å². The molecule has 0 aliphatic carbocycles. The summed E-state index contributed by atoms with van der Waals surface area (Å²) in [7, 11) is 0. The van der Waals surface area contributed by atoms with Gasteiger partial charge in [0.2, 0.25) is 0 Å². The fourth-order valence-electron chi connectivity index (χ4n) is 1.87. The van der Waals surface area contributed by atoms with Gasteiger partial charge in [-0.1, -0.05) is 43.2 Å². The molecule has 0 aliphatic rings. The lowest BCUT2D eigenvalue weighted by molar-refractivity contribution is 0.363. The number of rotatable bonds is 5. The minimum atomic E-state index is 0.223. The molecule has 0 aliphatic heterocycles. The molecule has 1 atom stereocenters. The van der Waals surface area contributed by atoms with Crippen molar-refractivity contribution in [2.24, 2.45) is 5.92 Å². The lowest BCUT2D eigenvalue weighted by Crippen LogP contribution is -2.39. The van der Waals surface area contributed by atoms with Crippen molar-refractivity contribution in [2.45, 2.75) is 53.0 Å². The lowest BCUT2D eigenvalue weighted by Gasteiger charge is -2.24. The molecule has 0 bridgehead atoms. The highest BCUT2D eigenvalue weighted by Gasteiger charge is 2.13. The molecule has 1 unspecified atom stereocenters. The monoisotopic (exact) mass is 233 g/mol. The van der Waals surface area contributed by atoms with E-state index in [1.165, 1.54) is 24.0 Å². The topological polar surface area (TPSA) is 12.0 Å². The Hall–Kier alpha value is -0.820. The lowest BCUT2D eigenvalue weighted by atomic mass is 9.95. The molecule has 0 heterocycles. The van der Waals surface area contributed by atoms with E-state index in [1.54, 1.807) is 0 Å². The normalized spacial score (nSPS) is 13.7. The summed E-state index contributed by atoms with van der Waals surface area (Å²) in [5.41, 5.74) is 3.02. The third kappa shape index (κ3) is 5.88. The average molecular weight is 233 g/mol. The van der Waals surface area contributed by atoms with Gasteiger partial charge in [-0.3, -0.25) is 0 Å². The highest BCUT2D eigenvalue weighted by molar-refractivity contribution is 5.21. The van der Waals surface area contributed by atoms with Crippen LogP contribution in [0.3, 0.4) is 0 Å². The molecular weight excluding hydrogens is 206 g/mol. The smallest absolute Gasteiger partial charge is 0.00966 e. The Labute approximate surface area is 107 Å². The van der Waals surface area contributed by atoms with Crippen LogP contribution in [0.25, 0.3) is 0 Å². The number of benzene rings is 1. The van der Waals surface area contributed by atoms with E-state index in [9.17, 15) is 0 Å². The van der Waals surface area contributed by atoms with Gasteiger partial charge in [0.15, 0.2) is 0 Å². The fourth-order valence-corrected chi connectivity index (χ4v) is 1.87. The van der Waals surface area contributed by atoms with Gasteiger partial charge in [-0.05, 0) is 52.1 Å².